The van der Waals surface area contributed by atoms with E-state index < -0.39 is 6.04 Å². The first-order valence-corrected chi connectivity index (χ1v) is 6.27. The summed E-state index contributed by atoms with van der Waals surface area (Å²) in [4.78, 5) is 22.9. The molecule has 0 spiro atoms. The number of ether oxygens (including phenoxy) is 1. The predicted octanol–water partition coefficient (Wildman–Crippen LogP) is 0.572. The summed E-state index contributed by atoms with van der Waals surface area (Å²) in [6, 6.07) is -0.322. The lowest BCUT2D eigenvalue weighted by atomic mass is 9.86. The van der Waals surface area contributed by atoms with Crippen LogP contribution in [-0.4, -0.2) is 30.6 Å². The summed E-state index contributed by atoms with van der Waals surface area (Å²) in [5.74, 6) is -0.229. The quantitative estimate of drug-likeness (QED) is 0.706. The molecule has 17 heavy (non-hydrogen) atoms. The lowest BCUT2D eigenvalue weighted by Gasteiger charge is -2.28. The average molecular weight is 242 g/mol. The minimum Gasteiger partial charge on any atom is -0.466 e. The van der Waals surface area contributed by atoms with Crippen molar-refractivity contribution in [2.24, 2.45) is 11.7 Å². The van der Waals surface area contributed by atoms with E-state index >= 15 is 0 Å². The average Bonchev–Trinajstić information content (AvgIpc) is 2.30. The number of nitrogens with two attached hydrogens (primary N) is 1. The van der Waals surface area contributed by atoms with Gasteiger partial charge in [-0.2, -0.15) is 0 Å². The van der Waals surface area contributed by atoms with Crippen LogP contribution in [0.5, 0.6) is 0 Å². The largest absolute Gasteiger partial charge is 0.466 e. The first kappa shape index (κ1) is 14.0. The van der Waals surface area contributed by atoms with E-state index in [-0.39, 0.29) is 23.8 Å². The van der Waals surface area contributed by atoms with Gasteiger partial charge in [0.05, 0.1) is 18.6 Å². The van der Waals surface area contributed by atoms with Crippen LogP contribution >= 0.6 is 0 Å². The molecule has 1 fully saturated rings. The Balaban J connectivity index is 2.31. The van der Waals surface area contributed by atoms with Gasteiger partial charge >= 0.3 is 5.97 Å². The summed E-state index contributed by atoms with van der Waals surface area (Å²) in [5, 5.41) is 2.89. The summed E-state index contributed by atoms with van der Waals surface area (Å²) in [6.45, 7) is 3.91. The lowest BCUT2D eigenvalue weighted by Crippen LogP contribution is -2.45. The van der Waals surface area contributed by atoms with E-state index in [1.165, 1.54) is 0 Å². The van der Waals surface area contributed by atoms with Crippen molar-refractivity contribution < 1.29 is 14.3 Å². The maximum atomic E-state index is 11.5. The molecule has 1 saturated carbocycles. The van der Waals surface area contributed by atoms with Crippen molar-refractivity contribution in [3.05, 3.63) is 0 Å². The highest BCUT2D eigenvalue weighted by molar-refractivity contribution is 5.81. The number of amides is 1. The molecule has 5 heteroatoms. The fourth-order valence-electron chi connectivity index (χ4n) is 2.07. The van der Waals surface area contributed by atoms with Crippen molar-refractivity contribution in [1.29, 1.82) is 0 Å². The van der Waals surface area contributed by atoms with E-state index in [0.717, 1.165) is 25.7 Å². The van der Waals surface area contributed by atoms with Crippen molar-refractivity contribution in [3.8, 4) is 0 Å². The van der Waals surface area contributed by atoms with Gasteiger partial charge in [-0.1, -0.05) is 0 Å². The van der Waals surface area contributed by atoms with Crippen LogP contribution in [0.3, 0.4) is 0 Å². The van der Waals surface area contributed by atoms with Crippen LogP contribution in [-0.2, 0) is 14.3 Å². The third kappa shape index (κ3) is 4.34. The lowest BCUT2D eigenvalue weighted by molar-refractivity contribution is -0.149. The van der Waals surface area contributed by atoms with Gasteiger partial charge in [0, 0.05) is 6.04 Å². The molecule has 0 aromatic carbocycles. The molecule has 0 unspecified atom stereocenters. The fraction of sp³-hybridized carbons (Fsp3) is 0.833. The second-order valence-corrected chi connectivity index (χ2v) is 4.60. The van der Waals surface area contributed by atoms with Gasteiger partial charge in [0.1, 0.15) is 0 Å². The number of carbonyl (C=O) groups is 2. The van der Waals surface area contributed by atoms with Gasteiger partial charge in [-0.05, 0) is 39.5 Å². The zero-order valence-corrected chi connectivity index (χ0v) is 10.6. The van der Waals surface area contributed by atoms with E-state index in [2.05, 4.69) is 5.32 Å². The topological polar surface area (TPSA) is 81.4 Å². The maximum absolute atomic E-state index is 11.5. The molecule has 1 atom stereocenters. The van der Waals surface area contributed by atoms with Crippen molar-refractivity contribution in [2.45, 2.75) is 51.6 Å². The van der Waals surface area contributed by atoms with Crippen LogP contribution in [0.4, 0.5) is 0 Å². The fourth-order valence-corrected chi connectivity index (χ4v) is 2.07. The molecule has 0 aliphatic heterocycles. The highest BCUT2D eigenvalue weighted by atomic mass is 16.5. The van der Waals surface area contributed by atoms with Crippen LogP contribution < -0.4 is 11.1 Å². The van der Waals surface area contributed by atoms with E-state index in [1.54, 1.807) is 6.92 Å². The minimum atomic E-state index is -0.474. The molecule has 0 aromatic rings. The predicted molar refractivity (Wildman–Crippen MR) is 64.2 cm³/mol. The number of hydrogen-bond acceptors (Lipinski definition) is 4. The monoisotopic (exact) mass is 242 g/mol. The number of carbonyl (C=O) groups excluding carboxylic acids is 2. The molecule has 3 N–H and O–H groups in total. The Morgan fingerprint density at radius 2 is 1.94 bits per heavy atom. The third-order valence-corrected chi connectivity index (χ3v) is 3.11. The Kier molecular flexibility index (Phi) is 5.41. The highest BCUT2D eigenvalue weighted by Gasteiger charge is 2.28. The molecule has 0 aromatic heterocycles. The SMILES string of the molecule is CCOC(=O)C1CCC(NC(=O)[C@@H](C)N)CC1. The van der Waals surface area contributed by atoms with Gasteiger partial charge in [-0.25, -0.2) is 0 Å². The standard InChI is InChI=1S/C12H22N2O3/c1-3-17-12(16)9-4-6-10(7-5-9)14-11(15)8(2)13/h8-10H,3-7,13H2,1-2H3,(H,14,15)/t8-,9?,10?/m1/s1. The molecule has 0 radical (unpaired) electrons. The first-order valence-electron chi connectivity index (χ1n) is 6.27. The Morgan fingerprint density at radius 1 is 1.35 bits per heavy atom. The molecular formula is C12H22N2O3. The highest BCUT2D eigenvalue weighted by Crippen LogP contribution is 2.25. The van der Waals surface area contributed by atoms with Crippen LogP contribution in [0.2, 0.25) is 0 Å². The Bertz CT molecular complexity index is 271. The summed E-state index contributed by atoms with van der Waals surface area (Å²) < 4.78 is 4.99. The number of hydrogen-bond donors (Lipinski definition) is 2. The number of nitrogens with one attached hydrogen (secondary N) is 1. The zero-order valence-electron chi connectivity index (χ0n) is 10.6. The van der Waals surface area contributed by atoms with Gasteiger partial charge in [0.15, 0.2) is 0 Å². The van der Waals surface area contributed by atoms with E-state index in [0.29, 0.717) is 6.61 Å². The van der Waals surface area contributed by atoms with E-state index in [9.17, 15) is 9.59 Å². The number of esters is 1. The van der Waals surface area contributed by atoms with E-state index in [4.69, 9.17) is 10.5 Å². The Hall–Kier alpha value is -1.10. The van der Waals surface area contributed by atoms with Crippen LogP contribution in [0.15, 0.2) is 0 Å². The van der Waals surface area contributed by atoms with Gasteiger partial charge in [0.25, 0.3) is 0 Å². The van der Waals surface area contributed by atoms with Crippen molar-refractivity contribution >= 4 is 11.9 Å². The molecule has 1 aliphatic rings. The summed E-state index contributed by atoms with van der Waals surface area (Å²) in [7, 11) is 0. The van der Waals surface area contributed by atoms with Crippen LogP contribution in [0, 0.1) is 5.92 Å². The Labute approximate surface area is 102 Å². The van der Waals surface area contributed by atoms with E-state index in [1.807, 2.05) is 6.92 Å². The zero-order chi connectivity index (χ0) is 12.8. The molecule has 98 valence electrons. The molecule has 5 nitrogen and oxygen atoms in total. The second-order valence-electron chi connectivity index (χ2n) is 4.60. The molecular weight excluding hydrogens is 220 g/mol. The van der Waals surface area contributed by atoms with Crippen LogP contribution in [0.1, 0.15) is 39.5 Å². The normalized spacial score (nSPS) is 26.1. The third-order valence-electron chi connectivity index (χ3n) is 3.11. The minimum absolute atomic E-state index is 0.00148. The molecule has 0 bridgehead atoms. The van der Waals surface area contributed by atoms with Crippen LogP contribution in [0.25, 0.3) is 0 Å². The van der Waals surface area contributed by atoms with Crippen molar-refractivity contribution in [2.75, 3.05) is 6.61 Å². The van der Waals surface area contributed by atoms with Crippen molar-refractivity contribution in [1.82, 2.24) is 5.32 Å². The smallest absolute Gasteiger partial charge is 0.308 e. The number of rotatable bonds is 4. The summed E-state index contributed by atoms with van der Waals surface area (Å²) in [5.41, 5.74) is 5.48. The van der Waals surface area contributed by atoms with Gasteiger partial charge < -0.3 is 15.8 Å². The Morgan fingerprint density at radius 3 is 2.41 bits per heavy atom. The van der Waals surface area contributed by atoms with Gasteiger partial charge in [-0.3, -0.25) is 9.59 Å². The maximum Gasteiger partial charge on any atom is 0.308 e. The molecule has 1 aliphatic carbocycles. The molecule has 0 heterocycles. The van der Waals surface area contributed by atoms with Gasteiger partial charge in [0.2, 0.25) is 5.91 Å². The van der Waals surface area contributed by atoms with Crippen molar-refractivity contribution in [3.63, 3.8) is 0 Å². The molecule has 1 rings (SSSR count). The molecule has 0 saturated heterocycles. The first-order chi connectivity index (χ1) is 8.04. The van der Waals surface area contributed by atoms with Gasteiger partial charge in [-0.15, -0.1) is 0 Å². The summed E-state index contributed by atoms with van der Waals surface area (Å²) in [6.07, 6.45) is 3.20. The summed E-state index contributed by atoms with van der Waals surface area (Å²) >= 11 is 0. The second kappa shape index (κ2) is 6.59. The molecule has 1 amide bonds.